The van der Waals surface area contributed by atoms with Crippen molar-refractivity contribution in [1.29, 1.82) is 0 Å². The normalized spacial score (nSPS) is 19.4. The molecule has 1 aliphatic rings. The Morgan fingerprint density at radius 1 is 1.16 bits per heavy atom. The summed E-state index contributed by atoms with van der Waals surface area (Å²) < 4.78 is 42.9. The Balaban J connectivity index is 2.14. The third kappa shape index (κ3) is 3.48. The number of benzene rings is 1. The third-order valence-electron chi connectivity index (χ3n) is 3.50. The van der Waals surface area contributed by atoms with Crippen LogP contribution in [0.4, 0.5) is 13.2 Å². The van der Waals surface area contributed by atoms with E-state index in [4.69, 9.17) is 4.74 Å². The molecule has 1 saturated heterocycles. The molecule has 1 fully saturated rings. The lowest BCUT2D eigenvalue weighted by molar-refractivity contribution is -0.137. The Labute approximate surface area is 111 Å². The number of nitrogens with zero attached hydrogens (tertiary/aromatic N) is 1. The van der Waals surface area contributed by atoms with Crippen molar-refractivity contribution < 1.29 is 17.9 Å². The van der Waals surface area contributed by atoms with Gasteiger partial charge in [0.2, 0.25) is 0 Å². The summed E-state index contributed by atoms with van der Waals surface area (Å²) in [7, 11) is 0. The fourth-order valence-electron chi connectivity index (χ4n) is 2.49. The van der Waals surface area contributed by atoms with E-state index in [0.717, 1.165) is 25.1 Å². The fraction of sp³-hybridized carbons (Fsp3) is 0.571. The van der Waals surface area contributed by atoms with Gasteiger partial charge in [0.15, 0.2) is 0 Å². The maximum atomic E-state index is 12.5. The minimum atomic E-state index is -4.26. The van der Waals surface area contributed by atoms with Crippen molar-refractivity contribution in [2.45, 2.75) is 25.6 Å². The molecule has 0 radical (unpaired) electrons. The SMILES string of the molecule is CC[C@H](c1ccc(C(F)(F)F)cc1)N1CCOCC1. The largest absolute Gasteiger partial charge is 0.416 e. The van der Waals surface area contributed by atoms with Crippen LogP contribution >= 0.6 is 0 Å². The molecule has 0 aliphatic carbocycles. The summed E-state index contributed by atoms with van der Waals surface area (Å²) in [4.78, 5) is 2.27. The van der Waals surface area contributed by atoms with Gasteiger partial charge >= 0.3 is 6.18 Å². The van der Waals surface area contributed by atoms with E-state index < -0.39 is 11.7 Å². The third-order valence-corrected chi connectivity index (χ3v) is 3.50. The second-order valence-electron chi connectivity index (χ2n) is 4.69. The van der Waals surface area contributed by atoms with Crippen molar-refractivity contribution in [2.24, 2.45) is 0 Å². The molecule has 0 bridgehead atoms. The van der Waals surface area contributed by atoms with E-state index in [0.29, 0.717) is 13.2 Å². The number of hydrogen-bond acceptors (Lipinski definition) is 2. The van der Waals surface area contributed by atoms with Gasteiger partial charge in [0.05, 0.1) is 18.8 Å². The summed E-state index contributed by atoms with van der Waals surface area (Å²) in [6.45, 7) is 5.10. The minimum absolute atomic E-state index is 0.172. The molecule has 0 N–H and O–H groups in total. The van der Waals surface area contributed by atoms with Gasteiger partial charge in [0.25, 0.3) is 0 Å². The van der Waals surface area contributed by atoms with Crippen molar-refractivity contribution in [3.05, 3.63) is 35.4 Å². The molecule has 106 valence electrons. The molecule has 1 heterocycles. The van der Waals surface area contributed by atoms with Gasteiger partial charge in [-0.15, -0.1) is 0 Å². The van der Waals surface area contributed by atoms with Crippen molar-refractivity contribution >= 4 is 0 Å². The molecule has 0 unspecified atom stereocenters. The topological polar surface area (TPSA) is 12.5 Å². The number of rotatable bonds is 3. The van der Waals surface area contributed by atoms with Crippen LogP contribution in [-0.2, 0) is 10.9 Å². The highest BCUT2D eigenvalue weighted by Crippen LogP contribution is 2.31. The predicted octanol–water partition coefficient (Wildman–Crippen LogP) is 3.49. The van der Waals surface area contributed by atoms with E-state index in [1.54, 1.807) is 12.1 Å². The van der Waals surface area contributed by atoms with Crippen LogP contribution < -0.4 is 0 Å². The first-order valence-corrected chi connectivity index (χ1v) is 6.51. The van der Waals surface area contributed by atoms with Crippen molar-refractivity contribution in [3.8, 4) is 0 Å². The van der Waals surface area contributed by atoms with Gasteiger partial charge in [-0.05, 0) is 24.1 Å². The Morgan fingerprint density at radius 3 is 2.21 bits per heavy atom. The van der Waals surface area contributed by atoms with Crippen LogP contribution in [0.3, 0.4) is 0 Å². The quantitative estimate of drug-likeness (QED) is 0.836. The second-order valence-corrected chi connectivity index (χ2v) is 4.69. The van der Waals surface area contributed by atoms with Crippen molar-refractivity contribution in [1.82, 2.24) is 4.90 Å². The lowest BCUT2D eigenvalue weighted by Crippen LogP contribution is -2.38. The maximum Gasteiger partial charge on any atom is 0.416 e. The average Bonchev–Trinajstić information content (AvgIpc) is 2.40. The number of alkyl halides is 3. The van der Waals surface area contributed by atoms with Crippen LogP contribution in [-0.4, -0.2) is 31.2 Å². The summed E-state index contributed by atoms with van der Waals surface area (Å²) in [6.07, 6.45) is -3.38. The molecule has 0 saturated carbocycles. The molecular formula is C14H18F3NO. The first-order chi connectivity index (χ1) is 9.02. The Kier molecular flexibility index (Phi) is 4.47. The highest BCUT2D eigenvalue weighted by Gasteiger charge is 2.30. The van der Waals surface area contributed by atoms with E-state index in [-0.39, 0.29) is 6.04 Å². The standard InChI is InChI=1S/C14H18F3NO/c1-2-13(18-7-9-19-10-8-18)11-3-5-12(6-4-11)14(15,16)17/h3-6,13H,2,7-10H2,1H3/t13-/m1/s1. The van der Waals surface area contributed by atoms with E-state index in [2.05, 4.69) is 11.8 Å². The molecule has 1 aromatic carbocycles. The van der Waals surface area contributed by atoms with Gasteiger partial charge in [0, 0.05) is 19.1 Å². The zero-order valence-corrected chi connectivity index (χ0v) is 10.9. The van der Waals surface area contributed by atoms with E-state index in [1.807, 2.05) is 0 Å². The first kappa shape index (κ1) is 14.3. The molecule has 5 heteroatoms. The maximum absolute atomic E-state index is 12.5. The van der Waals surface area contributed by atoms with E-state index >= 15 is 0 Å². The zero-order valence-electron chi connectivity index (χ0n) is 10.9. The first-order valence-electron chi connectivity index (χ1n) is 6.51. The molecule has 0 amide bonds. The van der Waals surface area contributed by atoms with Crippen molar-refractivity contribution in [2.75, 3.05) is 26.3 Å². The average molecular weight is 273 g/mol. The number of morpholine rings is 1. The summed E-state index contributed by atoms with van der Waals surface area (Å²) >= 11 is 0. The van der Waals surface area contributed by atoms with Gasteiger partial charge in [-0.3, -0.25) is 4.90 Å². The van der Waals surface area contributed by atoms with Crippen LogP contribution in [0.2, 0.25) is 0 Å². The van der Waals surface area contributed by atoms with Gasteiger partial charge in [-0.25, -0.2) is 0 Å². The zero-order chi connectivity index (χ0) is 13.9. The van der Waals surface area contributed by atoms with Gasteiger partial charge in [-0.2, -0.15) is 13.2 Å². The highest BCUT2D eigenvalue weighted by molar-refractivity contribution is 5.27. The van der Waals surface area contributed by atoms with Crippen LogP contribution in [0.15, 0.2) is 24.3 Å². The summed E-state index contributed by atoms with van der Waals surface area (Å²) in [5.74, 6) is 0. The Bertz CT molecular complexity index is 396. The Hall–Kier alpha value is -1.07. The minimum Gasteiger partial charge on any atom is -0.379 e. The lowest BCUT2D eigenvalue weighted by Gasteiger charge is -2.34. The van der Waals surface area contributed by atoms with Crippen LogP contribution in [0.5, 0.6) is 0 Å². The van der Waals surface area contributed by atoms with Crippen LogP contribution in [0, 0.1) is 0 Å². The van der Waals surface area contributed by atoms with E-state index in [1.165, 1.54) is 12.1 Å². The molecule has 1 aliphatic heterocycles. The molecule has 2 rings (SSSR count). The second kappa shape index (κ2) is 5.92. The van der Waals surface area contributed by atoms with Crippen molar-refractivity contribution in [3.63, 3.8) is 0 Å². The number of halogens is 3. The summed E-state index contributed by atoms with van der Waals surface area (Å²) in [5.41, 5.74) is 0.352. The van der Waals surface area contributed by atoms with Crippen LogP contribution in [0.25, 0.3) is 0 Å². The predicted molar refractivity (Wildman–Crippen MR) is 66.9 cm³/mol. The molecule has 1 atom stereocenters. The fourth-order valence-corrected chi connectivity index (χ4v) is 2.49. The smallest absolute Gasteiger partial charge is 0.379 e. The molecule has 1 aromatic rings. The lowest BCUT2D eigenvalue weighted by atomic mass is 10.0. The Morgan fingerprint density at radius 2 is 1.74 bits per heavy atom. The number of hydrogen-bond donors (Lipinski definition) is 0. The molecule has 0 spiro atoms. The summed E-state index contributed by atoms with van der Waals surface area (Å²) in [5, 5.41) is 0. The number of ether oxygens (including phenoxy) is 1. The monoisotopic (exact) mass is 273 g/mol. The molecular weight excluding hydrogens is 255 g/mol. The van der Waals surface area contributed by atoms with Gasteiger partial charge in [-0.1, -0.05) is 19.1 Å². The van der Waals surface area contributed by atoms with Gasteiger partial charge in [0.1, 0.15) is 0 Å². The highest BCUT2D eigenvalue weighted by atomic mass is 19.4. The summed E-state index contributed by atoms with van der Waals surface area (Å²) in [6, 6.07) is 5.68. The van der Waals surface area contributed by atoms with Crippen LogP contribution in [0.1, 0.15) is 30.5 Å². The van der Waals surface area contributed by atoms with Gasteiger partial charge < -0.3 is 4.74 Å². The molecule has 2 nitrogen and oxygen atoms in total. The van der Waals surface area contributed by atoms with E-state index in [9.17, 15) is 13.2 Å². The molecule has 19 heavy (non-hydrogen) atoms. The molecule has 0 aromatic heterocycles.